The summed E-state index contributed by atoms with van der Waals surface area (Å²) < 4.78 is 7.60. The molecule has 1 N–H and O–H groups in total. The van der Waals surface area contributed by atoms with Gasteiger partial charge in [-0.25, -0.2) is 4.79 Å². The van der Waals surface area contributed by atoms with E-state index in [1.165, 1.54) is 0 Å². The van der Waals surface area contributed by atoms with E-state index in [1.807, 2.05) is 29.6 Å². The Kier molecular flexibility index (Phi) is 5.60. The van der Waals surface area contributed by atoms with Crippen LogP contribution in [0.2, 0.25) is 0 Å². The van der Waals surface area contributed by atoms with Gasteiger partial charge in [0.25, 0.3) is 0 Å². The molecule has 0 aromatic carbocycles. The second-order valence-electron chi connectivity index (χ2n) is 6.12. The van der Waals surface area contributed by atoms with Crippen molar-refractivity contribution in [2.75, 3.05) is 13.1 Å². The number of carbonyl (C=O) groups is 1. The van der Waals surface area contributed by atoms with E-state index in [-0.39, 0.29) is 12.1 Å². The quantitative estimate of drug-likeness (QED) is 0.910. The van der Waals surface area contributed by atoms with Crippen LogP contribution in [0.3, 0.4) is 0 Å². The Morgan fingerprint density at radius 2 is 2.18 bits per heavy atom. The first-order valence-corrected chi connectivity index (χ1v) is 7.81. The van der Waals surface area contributed by atoms with Crippen molar-refractivity contribution in [2.45, 2.75) is 52.4 Å². The Hall–Kier alpha value is -1.82. The van der Waals surface area contributed by atoms with Gasteiger partial charge >= 0.3 is 6.03 Å². The summed E-state index contributed by atoms with van der Waals surface area (Å²) in [5, 5.41) is 7.19. The van der Waals surface area contributed by atoms with E-state index < -0.39 is 0 Å². The van der Waals surface area contributed by atoms with E-state index >= 15 is 0 Å². The van der Waals surface area contributed by atoms with Crippen LogP contribution in [-0.4, -0.2) is 39.9 Å². The highest BCUT2D eigenvalue weighted by Crippen LogP contribution is 2.22. The third kappa shape index (κ3) is 4.59. The molecule has 22 heavy (non-hydrogen) atoms. The summed E-state index contributed by atoms with van der Waals surface area (Å²) in [7, 11) is 0. The Balaban J connectivity index is 1.84. The molecule has 0 spiro atoms. The highest BCUT2D eigenvalue weighted by Gasteiger charge is 2.24. The lowest BCUT2D eigenvalue weighted by atomic mass is 10.1. The number of piperidine rings is 1. The van der Waals surface area contributed by atoms with Crippen LogP contribution in [0.5, 0.6) is 0 Å². The predicted octanol–water partition coefficient (Wildman–Crippen LogP) is 2.69. The van der Waals surface area contributed by atoms with E-state index in [0.29, 0.717) is 18.3 Å². The minimum Gasteiger partial charge on any atom is -0.374 e. The molecule has 1 aromatic rings. The molecule has 122 valence electrons. The molecule has 1 aromatic heterocycles. The molecule has 1 aliphatic heterocycles. The van der Waals surface area contributed by atoms with Gasteiger partial charge in [0.15, 0.2) is 0 Å². The number of urea groups is 1. The summed E-state index contributed by atoms with van der Waals surface area (Å²) in [6, 6.07) is 0.291. The van der Waals surface area contributed by atoms with Crippen molar-refractivity contribution in [3.63, 3.8) is 0 Å². The zero-order valence-electron chi connectivity index (χ0n) is 13.7. The molecular formula is C16H26N4O2. The highest BCUT2D eigenvalue weighted by atomic mass is 16.5. The number of hydrogen-bond donors (Lipinski definition) is 1. The number of carbonyl (C=O) groups excluding carboxylic acids is 1. The van der Waals surface area contributed by atoms with Crippen molar-refractivity contribution in [2.24, 2.45) is 0 Å². The SMILES string of the molecule is C=C(C)NC(=O)N1CCC(n2cc(COC(C)C)cn2)CC1. The zero-order chi connectivity index (χ0) is 16.1. The molecule has 2 heterocycles. The Bertz CT molecular complexity index is 516. The van der Waals surface area contributed by atoms with Gasteiger partial charge in [-0.15, -0.1) is 0 Å². The molecule has 1 fully saturated rings. The maximum Gasteiger partial charge on any atom is 0.321 e. The molecule has 0 saturated carbocycles. The number of aromatic nitrogens is 2. The fourth-order valence-corrected chi connectivity index (χ4v) is 2.51. The number of allylic oxidation sites excluding steroid dienone is 1. The van der Waals surface area contributed by atoms with Gasteiger partial charge in [-0.1, -0.05) is 6.58 Å². The molecule has 0 radical (unpaired) electrons. The standard InChI is InChI=1S/C16H26N4O2/c1-12(2)18-16(21)19-7-5-15(6-8-19)20-10-14(9-17-20)11-22-13(3)4/h9-10,13,15H,1,5-8,11H2,2-4H3,(H,18,21). The maximum atomic E-state index is 11.9. The van der Waals surface area contributed by atoms with Gasteiger partial charge in [0.1, 0.15) is 0 Å². The Morgan fingerprint density at radius 3 is 2.77 bits per heavy atom. The molecule has 1 aliphatic rings. The second-order valence-corrected chi connectivity index (χ2v) is 6.12. The monoisotopic (exact) mass is 306 g/mol. The third-order valence-electron chi connectivity index (χ3n) is 3.68. The predicted molar refractivity (Wildman–Crippen MR) is 85.3 cm³/mol. The molecule has 0 unspecified atom stereocenters. The van der Waals surface area contributed by atoms with Gasteiger partial charge < -0.3 is 15.0 Å². The first-order valence-electron chi connectivity index (χ1n) is 7.81. The normalized spacial score (nSPS) is 16.1. The van der Waals surface area contributed by atoms with Gasteiger partial charge in [-0.05, 0) is 33.6 Å². The molecule has 1 saturated heterocycles. The van der Waals surface area contributed by atoms with Crippen molar-refractivity contribution in [1.82, 2.24) is 20.0 Å². The fraction of sp³-hybridized carbons (Fsp3) is 0.625. The number of rotatable bonds is 5. The number of nitrogens with one attached hydrogen (secondary N) is 1. The lowest BCUT2D eigenvalue weighted by Gasteiger charge is -2.32. The largest absolute Gasteiger partial charge is 0.374 e. The molecule has 6 heteroatoms. The maximum absolute atomic E-state index is 11.9. The van der Waals surface area contributed by atoms with Crippen LogP contribution < -0.4 is 5.32 Å². The summed E-state index contributed by atoms with van der Waals surface area (Å²) in [5.74, 6) is 0. The van der Waals surface area contributed by atoms with Crippen LogP contribution in [0.4, 0.5) is 4.79 Å². The van der Waals surface area contributed by atoms with Gasteiger partial charge in [-0.3, -0.25) is 4.68 Å². The molecular weight excluding hydrogens is 280 g/mol. The van der Waals surface area contributed by atoms with Gasteiger partial charge in [0.2, 0.25) is 0 Å². The van der Waals surface area contributed by atoms with Crippen molar-refractivity contribution >= 4 is 6.03 Å². The third-order valence-corrected chi connectivity index (χ3v) is 3.68. The average Bonchev–Trinajstić information content (AvgIpc) is 2.93. The molecule has 2 amide bonds. The van der Waals surface area contributed by atoms with E-state index in [0.717, 1.165) is 31.5 Å². The van der Waals surface area contributed by atoms with Crippen molar-refractivity contribution < 1.29 is 9.53 Å². The number of ether oxygens (including phenoxy) is 1. The zero-order valence-corrected chi connectivity index (χ0v) is 13.7. The summed E-state index contributed by atoms with van der Waals surface area (Å²) in [5.41, 5.74) is 1.77. The van der Waals surface area contributed by atoms with E-state index in [9.17, 15) is 4.79 Å². The van der Waals surface area contributed by atoms with Crippen LogP contribution in [-0.2, 0) is 11.3 Å². The summed E-state index contributed by atoms with van der Waals surface area (Å²) in [6.07, 6.45) is 5.96. The number of amides is 2. The van der Waals surface area contributed by atoms with Crippen LogP contribution in [0, 0.1) is 0 Å². The molecule has 0 atom stereocenters. The van der Waals surface area contributed by atoms with E-state index in [1.54, 1.807) is 6.92 Å². The molecule has 2 rings (SSSR count). The van der Waals surface area contributed by atoms with Crippen LogP contribution >= 0.6 is 0 Å². The average molecular weight is 306 g/mol. The minimum atomic E-state index is -0.0579. The summed E-state index contributed by atoms with van der Waals surface area (Å²) in [4.78, 5) is 13.8. The van der Waals surface area contributed by atoms with Gasteiger partial charge in [-0.2, -0.15) is 5.10 Å². The van der Waals surface area contributed by atoms with Gasteiger partial charge in [0.05, 0.1) is 24.9 Å². The number of likely N-dealkylation sites (tertiary alicyclic amines) is 1. The molecule has 0 bridgehead atoms. The number of hydrogen-bond acceptors (Lipinski definition) is 3. The number of nitrogens with zero attached hydrogens (tertiary/aromatic N) is 3. The van der Waals surface area contributed by atoms with Crippen LogP contribution in [0.1, 0.15) is 45.2 Å². The smallest absolute Gasteiger partial charge is 0.321 e. The summed E-state index contributed by atoms with van der Waals surface area (Å²) in [6.45, 7) is 11.6. The van der Waals surface area contributed by atoms with E-state index in [2.05, 4.69) is 23.2 Å². The fourth-order valence-electron chi connectivity index (χ4n) is 2.51. The first kappa shape index (κ1) is 16.5. The second kappa shape index (κ2) is 7.45. The lowest BCUT2D eigenvalue weighted by molar-refractivity contribution is 0.0656. The highest BCUT2D eigenvalue weighted by molar-refractivity contribution is 5.75. The first-order chi connectivity index (χ1) is 10.5. The topological polar surface area (TPSA) is 59.4 Å². The van der Waals surface area contributed by atoms with Crippen LogP contribution in [0.25, 0.3) is 0 Å². The Morgan fingerprint density at radius 1 is 1.50 bits per heavy atom. The summed E-state index contributed by atoms with van der Waals surface area (Å²) >= 11 is 0. The van der Waals surface area contributed by atoms with Gasteiger partial charge in [0, 0.05) is 30.5 Å². The van der Waals surface area contributed by atoms with Crippen molar-refractivity contribution in [1.29, 1.82) is 0 Å². The minimum absolute atomic E-state index is 0.0579. The van der Waals surface area contributed by atoms with Crippen molar-refractivity contribution in [3.8, 4) is 0 Å². The lowest BCUT2D eigenvalue weighted by Crippen LogP contribution is -2.44. The molecule has 0 aliphatic carbocycles. The molecule has 6 nitrogen and oxygen atoms in total. The van der Waals surface area contributed by atoms with Crippen molar-refractivity contribution in [3.05, 3.63) is 30.2 Å². The van der Waals surface area contributed by atoms with Crippen LogP contribution in [0.15, 0.2) is 24.7 Å². The van der Waals surface area contributed by atoms with E-state index in [4.69, 9.17) is 4.74 Å². The Labute approximate surface area is 132 Å².